The van der Waals surface area contributed by atoms with Crippen molar-refractivity contribution >= 4 is 23.5 Å². The van der Waals surface area contributed by atoms with Crippen molar-refractivity contribution in [1.29, 1.82) is 0 Å². The number of nitrogens with one attached hydrogen (secondary N) is 1. The fraction of sp³-hybridized carbons (Fsp3) is 0.474. The van der Waals surface area contributed by atoms with Gasteiger partial charge in [0.25, 0.3) is 0 Å². The number of ether oxygens (including phenoxy) is 2. The van der Waals surface area contributed by atoms with Crippen molar-refractivity contribution in [2.75, 3.05) is 13.2 Å². The number of halogens is 4. The summed E-state index contributed by atoms with van der Waals surface area (Å²) in [7, 11) is 0. The molecule has 1 aliphatic rings. The summed E-state index contributed by atoms with van der Waals surface area (Å²) in [6.07, 6.45) is -5.27. The summed E-state index contributed by atoms with van der Waals surface area (Å²) >= 11 is 6.20. The second kappa shape index (κ2) is 8.62. The Morgan fingerprint density at radius 3 is 2.31 bits per heavy atom. The Morgan fingerprint density at radius 2 is 1.79 bits per heavy atom. The zero-order valence-corrected chi connectivity index (χ0v) is 16.7. The van der Waals surface area contributed by atoms with Crippen LogP contribution in [-0.2, 0) is 19.1 Å². The molecule has 29 heavy (non-hydrogen) atoms. The lowest BCUT2D eigenvalue weighted by molar-refractivity contribution is -0.293. The Hall–Kier alpha value is -2.26. The zero-order valence-electron chi connectivity index (χ0n) is 16.0. The molecule has 0 spiro atoms. The number of aliphatic hydroxyl groups is 1. The minimum Gasteiger partial charge on any atom is -0.466 e. The molecular weight excluding hydrogens is 415 g/mol. The number of rotatable bonds is 5. The van der Waals surface area contributed by atoms with Crippen molar-refractivity contribution in [3.05, 3.63) is 46.1 Å². The third-order valence-corrected chi connectivity index (χ3v) is 4.93. The lowest BCUT2D eigenvalue weighted by Gasteiger charge is -2.45. The van der Waals surface area contributed by atoms with Crippen LogP contribution in [0, 0.1) is 5.92 Å². The lowest BCUT2D eigenvalue weighted by Crippen LogP contribution is -2.67. The van der Waals surface area contributed by atoms with E-state index in [1.165, 1.54) is 39.0 Å². The Bertz CT molecular complexity index is 826. The summed E-state index contributed by atoms with van der Waals surface area (Å²) in [6, 6.07) is 5.83. The largest absolute Gasteiger partial charge is 0.466 e. The smallest absolute Gasteiger partial charge is 0.437 e. The van der Waals surface area contributed by atoms with Crippen LogP contribution in [0.15, 0.2) is 35.5 Å². The van der Waals surface area contributed by atoms with Gasteiger partial charge in [0.15, 0.2) is 0 Å². The van der Waals surface area contributed by atoms with E-state index < -0.39 is 35.7 Å². The van der Waals surface area contributed by atoms with Gasteiger partial charge in [0.2, 0.25) is 5.72 Å². The van der Waals surface area contributed by atoms with Crippen molar-refractivity contribution in [2.45, 2.75) is 38.6 Å². The van der Waals surface area contributed by atoms with Gasteiger partial charge in [0, 0.05) is 16.6 Å². The predicted molar refractivity (Wildman–Crippen MR) is 97.8 cm³/mol. The Kier molecular flexibility index (Phi) is 6.85. The second-order valence-corrected chi connectivity index (χ2v) is 6.78. The van der Waals surface area contributed by atoms with Crippen LogP contribution in [0.1, 0.15) is 32.3 Å². The van der Waals surface area contributed by atoms with Crippen LogP contribution in [-0.4, -0.2) is 42.2 Å². The van der Waals surface area contributed by atoms with Gasteiger partial charge in [-0.25, -0.2) is 4.79 Å². The summed E-state index contributed by atoms with van der Waals surface area (Å²) in [5.41, 5.74) is -4.16. The van der Waals surface area contributed by atoms with Crippen LogP contribution in [0.5, 0.6) is 0 Å². The van der Waals surface area contributed by atoms with Crippen molar-refractivity contribution in [2.24, 2.45) is 5.92 Å². The molecule has 0 radical (unpaired) electrons. The lowest BCUT2D eigenvalue weighted by atomic mass is 9.71. The van der Waals surface area contributed by atoms with Gasteiger partial charge in [-0.1, -0.05) is 29.8 Å². The summed E-state index contributed by atoms with van der Waals surface area (Å²) in [5.74, 6) is -6.07. The number of hydrogen-bond acceptors (Lipinski definition) is 6. The molecule has 2 N–H and O–H groups in total. The fourth-order valence-electron chi connectivity index (χ4n) is 3.41. The topological polar surface area (TPSA) is 84.9 Å². The molecule has 0 fully saturated rings. The molecule has 0 saturated carbocycles. The SMILES string of the molecule is CCOC(=O)C1=C(C)NC(O)(C(F)(F)F)C(C(=O)OCC)C1c1ccccc1Cl. The van der Waals surface area contributed by atoms with Crippen molar-refractivity contribution < 1.29 is 37.3 Å². The third-order valence-electron chi connectivity index (χ3n) is 4.58. The quantitative estimate of drug-likeness (QED) is 0.690. The first-order chi connectivity index (χ1) is 13.5. The molecule has 0 bridgehead atoms. The minimum absolute atomic E-state index is 0.0211. The number of benzene rings is 1. The van der Waals surface area contributed by atoms with Gasteiger partial charge in [-0.3, -0.25) is 4.79 Å². The van der Waals surface area contributed by atoms with Gasteiger partial charge in [0.1, 0.15) is 5.92 Å². The van der Waals surface area contributed by atoms with Gasteiger partial charge in [0.05, 0.1) is 18.8 Å². The standard InChI is InChI=1S/C19H21ClF3NO5/c1-4-28-16(25)13-10(3)24-18(27,19(21,22)23)15(17(26)29-5-2)14(13)11-8-6-7-9-12(11)20/h6-9,14-15,24,27H,4-5H2,1-3H3. The van der Waals surface area contributed by atoms with E-state index in [9.17, 15) is 27.9 Å². The normalized spacial score (nSPS) is 24.7. The average Bonchev–Trinajstić information content (AvgIpc) is 2.60. The van der Waals surface area contributed by atoms with E-state index in [1.54, 1.807) is 6.07 Å². The minimum atomic E-state index is -5.27. The molecule has 0 aliphatic carbocycles. The monoisotopic (exact) mass is 435 g/mol. The molecule has 160 valence electrons. The maximum absolute atomic E-state index is 13.9. The highest BCUT2D eigenvalue weighted by Gasteiger charge is 2.67. The molecule has 3 unspecified atom stereocenters. The molecule has 1 aromatic rings. The summed E-state index contributed by atoms with van der Waals surface area (Å²) in [6.45, 7) is 3.87. The average molecular weight is 436 g/mol. The molecule has 0 amide bonds. The first kappa shape index (κ1) is 23.0. The maximum Gasteiger partial charge on any atom is 0.437 e. The van der Waals surface area contributed by atoms with E-state index in [2.05, 4.69) is 0 Å². The first-order valence-corrected chi connectivity index (χ1v) is 9.23. The first-order valence-electron chi connectivity index (χ1n) is 8.85. The number of alkyl halides is 3. The maximum atomic E-state index is 13.9. The van der Waals surface area contributed by atoms with E-state index in [1.807, 2.05) is 5.32 Å². The molecule has 3 atom stereocenters. The van der Waals surface area contributed by atoms with E-state index >= 15 is 0 Å². The number of carbonyl (C=O) groups excluding carboxylic acids is 2. The van der Waals surface area contributed by atoms with Gasteiger partial charge in [-0.15, -0.1) is 0 Å². The molecule has 0 aromatic heterocycles. The Morgan fingerprint density at radius 1 is 1.21 bits per heavy atom. The van der Waals surface area contributed by atoms with E-state index in [-0.39, 0.29) is 35.1 Å². The summed E-state index contributed by atoms with van der Waals surface area (Å²) in [4.78, 5) is 25.3. The fourth-order valence-corrected chi connectivity index (χ4v) is 3.66. The van der Waals surface area contributed by atoms with Gasteiger partial charge in [-0.05, 0) is 32.4 Å². The van der Waals surface area contributed by atoms with Crippen LogP contribution < -0.4 is 5.32 Å². The van der Waals surface area contributed by atoms with Gasteiger partial charge >= 0.3 is 18.1 Å². The highest BCUT2D eigenvalue weighted by atomic mass is 35.5. The Balaban J connectivity index is 2.84. The van der Waals surface area contributed by atoms with Gasteiger partial charge in [-0.2, -0.15) is 13.2 Å². The molecule has 0 saturated heterocycles. The predicted octanol–water partition coefficient (Wildman–Crippen LogP) is 3.29. The highest BCUT2D eigenvalue weighted by molar-refractivity contribution is 6.31. The van der Waals surface area contributed by atoms with Crippen LogP contribution >= 0.6 is 11.6 Å². The summed E-state index contributed by atoms with van der Waals surface area (Å²) in [5, 5.41) is 12.5. The van der Waals surface area contributed by atoms with Crippen LogP contribution in [0.3, 0.4) is 0 Å². The summed E-state index contributed by atoms with van der Waals surface area (Å²) < 4.78 is 51.6. The van der Waals surface area contributed by atoms with E-state index in [0.717, 1.165) is 0 Å². The zero-order chi connectivity index (χ0) is 22.0. The highest BCUT2D eigenvalue weighted by Crippen LogP contribution is 2.50. The van der Waals surface area contributed by atoms with E-state index in [0.29, 0.717) is 0 Å². The number of esters is 2. The molecule has 6 nitrogen and oxygen atoms in total. The van der Waals surface area contributed by atoms with Crippen molar-refractivity contribution in [3.63, 3.8) is 0 Å². The van der Waals surface area contributed by atoms with Crippen LogP contribution in [0.4, 0.5) is 13.2 Å². The molecule has 10 heteroatoms. The van der Waals surface area contributed by atoms with Gasteiger partial charge < -0.3 is 19.9 Å². The number of hydrogen-bond donors (Lipinski definition) is 2. The van der Waals surface area contributed by atoms with Crippen LogP contribution in [0.25, 0.3) is 0 Å². The molecular formula is C19H21ClF3NO5. The molecule has 2 rings (SSSR count). The number of allylic oxidation sites excluding steroid dienone is 1. The van der Waals surface area contributed by atoms with E-state index in [4.69, 9.17) is 21.1 Å². The van der Waals surface area contributed by atoms with Crippen LogP contribution in [0.2, 0.25) is 5.02 Å². The number of carbonyl (C=O) groups is 2. The van der Waals surface area contributed by atoms with Crippen molar-refractivity contribution in [3.8, 4) is 0 Å². The molecule has 1 heterocycles. The van der Waals surface area contributed by atoms with Crippen molar-refractivity contribution in [1.82, 2.24) is 5.32 Å². The second-order valence-electron chi connectivity index (χ2n) is 6.38. The Labute approximate surface area is 170 Å². The molecule has 1 aromatic carbocycles. The third kappa shape index (κ3) is 4.20. The molecule has 1 aliphatic heterocycles.